The fourth-order valence-corrected chi connectivity index (χ4v) is 2.14. The summed E-state index contributed by atoms with van der Waals surface area (Å²) >= 11 is 3.51. The van der Waals surface area contributed by atoms with Crippen LogP contribution in [0.15, 0.2) is 34.8 Å². The summed E-state index contributed by atoms with van der Waals surface area (Å²) in [6.45, 7) is 4.30. The average molecular weight is 324 g/mol. The Balaban J connectivity index is 2.14. The Kier molecular flexibility index (Phi) is 4.10. The van der Waals surface area contributed by atoms with E-state index in [-0.39, 0.29) is 5.82 Å². The Labute approximate surface area is 120 Å². The quantitative estimate of drug-likeness (QED) is 0.851. The van der Waals surface area contributed by atoms with Crippen LogP contribution in [-0.2, 0) is 6.61 Å². The van der Waals surface area contributed by atoms with Gasteiger partial charge in [0.15, 0.2) is 0 Å². The zero-order chi connectivity index (χ0) is 14.0. The number of anilines is 1. The molecule has 0 aliphatic rings. The molecule has 0 spiro atoms. The van der Waals surface area contributed by atoms with E-state index in [2.05, 4.69) is 15.9 Å². The van der Waals surface area contributed by atoms with Crippen LogP contribution in [0.1, 0.15) is 16.7 Å². The fraction of sp³-hybridized carbons (Fsp3) is 0.200. The molecule has 0 aromatic heterocycles. The maximum atomic E-state index is 13.2. The van der Waals surface area contributed by atoms with E-state index in [1.165, 1.54) is 12.1 Å². The highest BCUT2D eigenvalue weighted by Crippen LogP contribution is 2.27. The molecule has 0 bridgehead atoms. The van der Waals surface area contributed by atoms with Crippen LogP contribution < -0.4 is 10.5 Å². The first-order chi connectivity index (χ1) is 8.95. The third-order valence-electron chi connectivity index (χ3n) is 2.80. The van der Waals surface area contributed by atoms with Gasteiger partial charge in [0.05, 0.1) is 0 Å². The van der Waals surface area contributed by atoms with Crippen molar-refractivity contribution < 1.29 is 9.13 Å². The van der Waals surface area contributed by atoms with E-state index in [1.807, 2.05) is 26.0 Å². The summed E-state index contributed by atoms with van der Waals surface area (Å²) < 4.78 is 19.9. The molecule has 0 radical (unpaired) electrons. The highest BCUT2D eigenvalue weighted by Gasteiger charge is 2.04. The highest BCUT2D eigenvalue weighted by atomic mass is 79.9. The lowest BCUT2D eigenvalue weighted by atomic mass is 10.1. The summed E-state index contributed by atoms with van der Waals surface area (Å²) in [4.78, 5) is 0. The summed E-state index contributed by atoms with van der Waals surface area (Å²) in [7, 11) is 0. The predicted molar refractivity (Wildman–Crippen MR) is 78.8 cm³/mol. The molecular formula is C15H15BrFNO. The molecule has 2 aromatic rings. The smallest absolute Gasteiger partial charge is 0.125 e. The first-order valence-corrected chi connectivity index (χ1v) is 6.69. The zero-order valence-corrected chi connectivity index (χ0v) is 12.4. The standard InChI is InChI=1S/C15H15BrFNO/c1-9-3-14(4-10(2)15(9)16)19-8-11-5-12(17)7-13(18)6-11/h3-7H,8,18H2,1-2H3. The van der Waals surface area contributed by atoms with E-state index in [0.717, 1.165) is 26.9 Å². The van der Waals surface area contributed by atoms with Crippen molar-refractivity contribution in [2.45, 2.75) is 20.5 Å². The van der Waals surface area contributed by atoms with E-state index in [0.29, 0.717) is 12.3 Å². The largest absolute Gasteiger partial charge is 0.489 e. The van der Waals surface area contributed by atoms with E-state index in [1.54, 1.807) is 6.07 Å². The summed E-state index contributed by atoms with van der Waals surface area (Å²) in [5.74, 6) is 0.419. The first kappa shape index (κ1) is 13.9. The van der Waals surface area contributed by atoms with Crippen molar-refractivity contribution in [1.82, 2.24) is 0 Å². The van der Waals surface area contributed by atoms with Gasteiger partial charge in [0, 0.05) is 10.2 Å². The number of rotatable bonds is 3. The molecule has 19 heavy (non-hydrogen) atoms. The van der Waals surface area contributed by atoms with Crippen LogP contribution in [0.5, 0.6) is 5.75 Å². The van der Waals surface area contributed by atoms with Gasteiger partial charge in [-0.1, -0.05) is 15.9 Å². The van der Waals surface area contributed by atoms with Crippen LogP contribution in [0.4, 0.5) is 10.1 Å². The average Bonchev–Trinajstić information content (AvgIpc) is 2.32. The lowest BCUT2D eigenvalue weighted by molar-refractivity contribution is 0.305. The Morgan fingerprint density at radius 1 is 1.11 bits per heavy atom. The number of nitrogen functional groups attached to an aromatic ring is 1. The second-order valence-electron chi connectivity index (χ2n) is 4.55. The Hall–Kier alpha value is -1.55. The van der Waals surface area contributed by atoms with E-state index < -0.39 is 0 Å². The monoisotopic (exact) mass is 323 g/mol. The van der Waals surface area contributed by atoms with Crippen molar-refractivity contribution in [2.75, 3.05) is 5.73 Å². The van der Waals surface area contributed by atoms with Gasteiger partial charge in [0.2, 0.25) is 0 Å². The lowest BCUT2D eigenvalue weighted by Crippen LogP contribution is -1.99. The van der Waals surface area contributed by atoms with E-state index in [4.69, 9.17) is 10.5 Å². The molecule has 0 atom stereocenters. The SMILES string of the molecule is Cc1cc(OCc2cc(N)cc(F)c2)cc(C)c1Br. The van der Waals surface area contributed by atoms with Gasteiger partial charge in [-0.3, -0.25) is 0 Å². The van der Waals surface area contributed by atoms with E-state index >= 15 is 0 Å². The van der Waals surface area contributed by atoms with Gasteiger partial charge in [-0.25, -0.2) is 4.39 Å². The molecule has 0 aliphatic heterocycles. The number of halogens is 2. The third-order valence-corrected chi connectivity index (χ3v) is 4.05. The van der Waals surface area contributed by atoms with Gasteiger partial charge in [-0.15, -0.1) is 0 Å². The lowest BCUT2D eigenvalue weighted by Gasteiger charge is -2.10. The maximum Gasteiger partial charge on any atom is 0.125 e. The van der Waals surface area contributed by atoms with Crippen molar-refractivity contribution >= 4 is 21.6 Å². The van der Waals surface area contributed by atoms with Crippen molar-refractivity contribution in [2.24, 2.45) is 0 Å². The molecule has 0 heterocycles. The predicted octanol–water partition coefficient (Wildman–Crippen LogP) is 4.37. The van der Waals surface area contributed by atoms with Crippen molar-refractivity contribution in [1.29, 1.82) is 0 Å². The Morgan fingerprint density at radius 2 is 1.74 bits per heavy atom. The molecule has 4 heteroatoms. The minimum atomic E-state index is -0.346. The number of hydrogen-bond acceptors (Lipinski definition) is 2. The number of aryl methyl sites for hydroxylation is 2. The molecule has 0 saturated carbocycles. The van der Waals surface area contributed by atoms with Gasteiger partial charge >= 0.3 is 0 Å². The molecule has 2 rings (SSSR count). The minimum Gasteiger partial charge on any atom is -0.489 e. The number of ether oxygens (including phenoxy) is 1. The van der Waals surface area contributed by atoms with Gasteiger partial charge < -0.3 is 10.5 Å². The highest BCUT2D eigenvalue weighted by molar-refractivity contribution is 9.10. The van der Waals surface area contributed by atoms with Crippen LogP contribution in [-0.4, -0.2) is 0 Å². The number of hydrogen-bond donors (Lipinski definition) is 1. The second-order valence-corrected chi connectivity index (χ2v) is 5.35. The third kappa shape index (κ3) is 3.47. The fourth-order valence-electron chi connectivity index (χ4n) is 1.91. The van der Waals surface area contributed by atoms with Crippen molar-refractivity contribution in [3.05, 3.63) is 57.3 Å². The molecule has 0 fully saturated rings. The van der Waals surface area contributed by atoms with Crippen molar-refractivity contribution in [3.63, 3.8) is 0 Å². The summed E-state index contributed by atoms with van der Waals surface area (Å²) in [6.07, 6.45) is 0. The molecule has 0 unspecified atom stereocenters. The van der Waals surface area contributed by atoms with Gasteiger partial charge in [0.25, 0.3) is 0 Å². The van der Waals surface area contributed by atoms with Gasteiger partial charge in [0.1, 0.15) is 18.2 Å². The van der Waals surface area contributed by atoms with Gasteiger partial charge in [-0.05, 0) is 60.9 Å². The number of benzene rings is 2. The minimum absolute atomic E-state index is 0.294. The molecule has 0 saturated heterocycles. The second kappa shape index (κ2) is 5.61. The summed E-state index contributed by atoms with van der Waals surface area (Å²) in [6, 6.07) is 8.31. The molecular weight excluding hydrogens is 309 g/mol. The van der Waals surface area contributed by atoms with Crippen molar-refractivity contribution in [3.8, 4) is 5.75 Å². The molecule has 2 nitrogen and oxygen atoms in total. The summed E-state index contributed by atoms with van der Waals surface area (Å²) in [5.41, 5.74) is 8.93. The number of nitrogens with two attached hydrogens (primary N) is 1. The molecule has 2 N–H and O–H groups in total. The first-order valence-electron chi connectivity index (χ1n) is 5.90. The van der Waals surface area contributed by atoms with Gasteiger partial charge in [-0.2, -0.15) is 0 Å². The summed E-state index contributed by atoms with van der Waals surface area (Å²) in [5, 5.41) is 0. The van der Waals surface area contributed by atoms with Crippen LogP contribution in [0.3, 0.4) is 0 Å². The van der Waals surface area contributed by atoms with Crippen LogP contribution in [0.25, 0.3) is 0 Å². The normalized spacial score (nSPS) is 10.5. The van der Waals surface area contributed by atoms with Crippen LogP contribution in [0.2, 0.25) is 0 Å². The Bertz CT molecular complexity index is 570. The molecule has 0 aliphatic carbocycles. The van der Waals surface area contributed by atoms with Crippen LogP contribution in [0, 0.1) is 19.7 Å². The molecule has 100 valence electrons. The Morgan fingerprint density at radius 3 is 2.32 bits per heavy atom. The van der Waals surface area contributed by atoms with E-state index in [9.17, 15) is 4.39 Å². The maximum absolute atomic E-state index is 13.2. The van der Waals surface area contributed by atoms with Crippen LogP contribution >= 0.6 is 15.9 Å². The molecule has 0 amide bonds. The molecule has 2 aromatic carbocycles. The zero-order valence-electron chi connectivity index (χ0n) is 10.8. The topological polar surface area (TPSA) is 35.2 Å².